The first kappa shape index (κ1) is 18.9. The number of likely N-dealkylation sites (N-methyl/N-ethyl adjacent to an activating group) is 1. The standard InChI is InChI=1S/C18H24N4O3S/c1-12-9-20-10-13-5-4-6-16(17(12)13)26(24,25)22-8-7-14(18(22)19)15(23)11-21(2)3/h4-6,9-10,14,18H,7-8,11,19H2,1-3H3/t14?,18-/m0/s1. The molecule has 2 heterocycles. The number of aromatic nitrogens is 1. The van der Waals surface area contributed by atoms with Gasteiger partial charge in [-0.2, -0.15) is 4.31 Å². The average molecular weight is 376 g/mol. The van der Waals surface area contributed by atoms with Crippen molar-refractivity contribution in [2.24, 2.45) is 11.7 Å². The van der Waals surface area contributed by atoms with Crippen molar-refractivity contribution in [1.82, 2.24) is 14.2 Å². The maximum absolute atomic E-state index is 13.3. The van der Waals surface area contributed by atoms with Crippen LogP contribution in [0.5, 0.6) is 0 Å². The van der Waals surface area contributed by atoms with Gasteiger partial charge in [0.15, 0.2) is 5.78 Å². The lowest BCUT2D eigenvalue weighted by Gasteiger charge is -2.25. The highest BCUT2D eigenvalue weighted by molar-refractivity contribution is 7.89. The first-order valence-corrected chi connectivity index (χ1v) is 9.95. The van der Waals surface area contributed by atoms with Crippen LogP contribution in [0.15, 0.2) is 35.5 Å². The SMILES string of the molecule is Cc1cncc2cccc(S(=O)(=O)N3CCC(C(=O)CN(C)C)[C@H]3N)c12. The Kier molecular flexibility index (Phi) is 5.12. The number of pyridine rings is 1. The van der Waals surface area contributed by atoms with Crippen molar-refractivity contribution in [3.8, 4) is 0 Å². The van der Waals surface area contributed by atoms with E-state index in [9.17, 15) is 13.2 Å². The molecule has 0 saturated carbocycles. The van der Waals surface area contributed by atoms with Crippen LogP contribution in [0.2, 0.25) is 0 Å². The van der Waals surface area contributed by atoms with Crippen LogP contribution >= 0.6 is 0 Å². The Hall–Kier alpha value is -1.87. The molecule has 0 radical (unpaired) electrons. The predicted octanol–water partition coefficient (Wildman–Crippen LogP) is 0.969. The highest BCUT2D eigenvalue weighted by Gasteiger charge is 2.43. The Labute approximate surface area is 153 Å². The molecule has 2 atom stereocenters. The van der Waals surface area contributed by atoms with Crippen molar-refractivity contribution >= 4 is 26.6 Å². The summed E-state index contributed by atoms with van der Waals surface area (Å²) in [6.45, 7) is 2.33. The topological polar surface area (TPSA) is 96.6 Å². The zero-order valence-corrected chi connectivity index (χ0v) is 16.0. The van der Waals surface area contributed by atoms with E-state index >= 15 is 0 Å². The fourth-order valence-electron chi connectivity index (χ4n) is 3.56. The van der Waals surface area contributed by atoms with Crippen LogP contribution in [0.25, 0.3) is 10.8 Å². The summed E-state index contributed by atoms with van der Waals surface area (Å²) >= 11 is 0. The summed E-state index contributed by atoms with van der Waals surface area (Å²) in [5, 5.41) is 1.41. The Morgan fingerprint density at radius 3 is 2.77 bits per heavy atom. The maximum atomic E-state index is 13.3. The number of Topliss-reactive ketones (excluding diaryl/α,β-unsaturated/α-hetero) is 1. The van der Waals surface area contributed by atoms with Crippen LogP contribution in [0, 0.1) is 12.8 Å². The molecule has 0 bridgehead atoms. The van der Waals surface area contributed by atoms with E-state index < -0.39 is 22.1 Å². The number of ketones is 1. The number of nitrogens with zero attached hydrogens (tertiary/aromatic N) is 3. The van der Waals surface area contributed by atoms with E-state index in [0.29, 0.717) is 11.8 Å². The quantitative estimate of drug-likeness (QED) is 0.835. The van der Waals surface area contributed by atoms with Gasteiger partial charge in [0.05, 0.1) is 17.6 Å². The first-order chi connectivity index (χ1) is 12.2. The largest absolute Gasteiger partial charge is 0.314 e. The fourth-order valence-corrected chi connectivity index (χ4v) is 5.41. The Bertz CT molecular complexity index is 937. The smallest absolute Gasteiger partial charge is 0.245 e. The molecule has 140 valence electrons. The van der Waals surface area contributed by atoms with Crippen molar-refractivity contribution in [2.75, 3.05) is 27.2 Å². The predicted molar refractivity (Wildman–Crippen MR) is 100 cm³/mol. The van der Waals surface area contributed by atoms with Gasteiger partial charge in [0.2, 0.25) is 10.0 Å². The zero-order chi connectivity index (χ0) is 19.1. The van der Waals surface area contributed by atoms with Gasteiger partial charge >= 0.3 is 0 Å². The van der Waals surface area contributed by atoms with Gasteiger partial charge < -0.3 is 10.6 Å². The normalized spacial score (nSPS) is 21.6. The highest BCUT2D eigenvalue weighted by atomic mass is 32.2. The fraction of sp³-hybridized carbons (Fsp3) is 0.444. The monoisotopic (exact) mass is 376 g/mol. The lowest BCUT2D eigenvalue weighted by atomic mass is 10.0. The van der Waals surface area contributed by atoms with Gasteiger partial charge in [-0.25, -0.2) is 8.42 Å². The van der Waals surface area contributed by atoms with Crippen molar-refractivity contribution in [3.05, 3.63) is 36.2 Å². The molecule has 1 unspecified atom stereocenters. The number of carbonyl (C=O) groups is 1. The minimum absolute atomic E-state index is 0.0292. The molecule has 1 aliphatic heterocycles. The minimum atomic E-state index is -3.82. The summed E-state index contributed by atoms with van der Waals surface area (Å²) in [6.07, 6.45) is 2.90. The molecule has 8 heteroatoms. The van der Waals surface area contributed by atoms with Gasteiger partial charge in [0, 0.05) is 35.6 Å². The van der Waals surface area contributed by atoms with Crippen molar-refractivity contribution in [2.45, 2.75) is 24.4 Å². The lowest BCUT2D eigenvalue weighted by molar-refractivity contribution is -0.123. The van der Waals surface area contributed by atoms with E-state index in [1.807, 2.05) is 13.0 Å². The second-order valence-electron chi connectivity index (χ2n) is 7.02. The molecule has 1 aromatic heterocycles. The molecular formula is C18H24N4O3S. The summed E-state index contributed by atoms with van der Waals surface area (Å²) in [4.78, 5) is 18.5. The van der Waals surface area contributed by atoms with Crippen LogP contribution in [-0.4, -0.2) is 61.7 Å². The summed E-state index contributed by atoms with van der Waals surface area (Å²) in [5.74, 6) is -0.511. The molecule has 1 aromatic carbocycles. The van der Waals surface area contributed by atoms with Crippen molar-refractivity contribution in [3.63, 3.8) is 0 Å². The second kappa shape index (κ2) is 7.03. The van der Waals surface area contributed by atoms with E-state index in [0.717, 1.165) is 10.9 Å². The first-order valence-electron chi connectivity index (χ1n) is 8.51. The Morgan fingerprint density at radius 1 is 1.35 bits per heavy atom. The molecular weight excluding hydrogens is 352 g/mol. The van der Waals surface area contributed by atoms with E-state index in [4.69, 9.17) is 5.73 Å². The van der Waals surface area contributed by atoms with Gasteiger partial charge in [-0.05, 0) is 39.1 Å². The summed E-state index contributed by atoms with van der Waals surface area (Å²) in [7, 11) is -0.206. The molecule has 1 aliphatic rings. The number of sulfonamides is 1. The number of benzene rings is 1. The van der Waals surface area contributed by atoms with E-state index in [-0.39, 0.29) is 23.8 Å². The Balaban J connectivity index is 1.99. The number of carbonyl (C=O) groups excluding carboxylic acids is 1. The van der Waals surface area contributed by atoms with Gasteiger partial charge in [0.1, 0.15) is 0 Å². The molecule has 7 nitrogen and oxygen atoms in total. The molecule has 0 amide bonds. The number of aryl methyl sites for hydroxylation is 1. The number of hydrogen-bond donors (Lipinski definition) is 1. The zero-order valence-electron chi connectivity index (χ0n) is 15.2. The third-order valence-corrected chi connectivity index (χ3v) is 6.75. The third-order valence-electron chi connectivity index (χ3n) is 4.81. The highest BCUT2D eigenvalue weighted by Crippen LogP contribution is 2.32. The van der Waals surface area contributed by atoms with E-state index in [1.54, 1.807) is 43.5 Å². The van der Waals surface area contributed by atoms with E-state index in [1.165, 1.54) is 4.31 Å². The molecule has 0 spiro atoms. The number of rotatable bonds is 5. The average Bonchev–Trinajstić information content (AvgIpc) is 2.96. The van der Waals surface area contributed by atoms with Gasteiger partial charge in [-0.1, -0.05) is 12.1 Å². The van der Waals surface area contributed by atoms with Gasteiger partial charge in [0.25, 0.3) is 0 Å². The molecule has 2 aromatic rings. The lowest BCUT2D eigenvalue weighted by Crippen LogP contribution is -2.47. The van der Waals surface area contributed by atoms with Crippen LogP contribution in [0.1, 0.15) is 12.0 Å². The van der Waals surface area contributed by atoms with E-state index in [2.05, 4.69) is 4.98 Å². The van der Waals surface area contributed by atoms with Crippen LogP contribution in [0.3, 0.4) is 0 Å². The molecule has 1 fully saturated rings. The van der Waals surface area contributed by atoms with Crippen molar-refractivity contribution in [1.29, 1.82) is 0 Å². The van der Waals surface area contributed by atoms with Gasteiger partial charge in [-0.3, -0.25) is 9.78 Å². The number of fused-ring (bicyclic) bond motifs is 1. The second-order valence-corrected chi connectivity index (χ2v) is 8.88. The van der Waals surface area contributed by atoms with Crippen LogP contribution in [0.4, 0.5) is 0 Å². The van der Waals surface area contributed by atoms with Crippen LogP contribution < -0.4 is 5.73 Å². The summed E-state index contributed by atoms with van der Waals surface area (Å²) in [5.41, 5.74) is 6.99. The van der Waals surface area contributed by atoms with Gasteiger partial charge in [-0.15, -0.1) is 0 Å². The minimum Gasteiger partial charge on any atom is -0.314 e. The summed E-state index contributed by atoms with van der Waals surface area (Å²) < 4.78 is 27.9. The Morgan fingerprint density at radius 2 is 2.08 bits per heavy atom. The third kappa shape index (κ3) is 3.25. The van der Waals surface area contributed by atoms with Crippen molar-refractivity contribution < 1.29 is 13.2 Å². The summed E-state index contributed by atoms with van der Waals surface area (Å²) in [6, 6.07) is 5.13. The van der Waals surface area contributed by atoms with Crippen LogP contribution in [-0.2, 0) is 14.8 Å². The molecule has 26 heavy (non-hydrogen) atoms. The molecule has 0 aliphatic carbocycles. The molecule has 1 saturated heterocycles. The number of hydrogen-bond acceptors (Lipinski definition) is 6. The maximum Gasteiger partial charge on any atom is 0.245 e. The molecule has 2 N–H and O–H groups in total. The number of nitrogens with two attached hydrogens (primary N) is 1. The molecule has 3 rings (SSSR count).